The highest BCUT2D eigenvalue weighted by Gasteiger charge is 2.15. The average molecular weight is 299 g/mol. The van der Waals surface area contributed by atoms with Crippen LogP contribution in [-0.2, 0) is 0 Å². The molecule has 2 aromatic carbocycles. The minimum atomic E-state index is -0.516. The first-order valence-corrected chi connectivity index (χ1v) is 6.64. The van der Waals surface area contributed by atoms with Gasteiger partial charge in [-0.25, -0.2) is 4.39 Å². The number of aromatic hydroxyl groups is 2. The van der Waals surface area contributed by atoms with Crippen molar-refractivity contribution in [3.63, 3.8) is 0 Å². The van der Waals surface area contributed by atoms with Crippen molar-refractivity contribution >= 4 is 11.5 Å². The highest BCUT2D eigenvalue weighted by Crippen LogP contribution is 2.29. The van der Waals surface area contributed by atoms with Crippen LogP contribution in [0.3, 0.4) is 0 Å². The standard InChI is InChI=1S/C16H14FN3O2/c1-9-8-12(22)6-7-13(9)18-16-14(17)15(19-20-16)10-2-4-11(21)5-3-10/h2-8,21-22H,1H3,(H2,18,19,20). The zero-order chi connectivity index (χ0) is 15.7. The number of phenolic OH excluding ortho intramolecular Hbond substituents is 2. The summed E-state index contributed by atoms with van der Waals surface area (Å²) < 4.78 is 14.4. The van der Waals surface area contributed by atoms with E-state index in [9.17, 15) is 14.6 Å². The number of halogens is 1. The Bertz CT molecular complexity index is 813. The van der Waals surface area contributed by atoms with Crippen LogP contribution in [0.2, 0.25) is 0 Å². The molecule has 4 N–H and O–H groups in total. The number of benzene rings is 2. The molecule has 0 radical (unpaired) electrons. The fourth-order valence-electron chi connectivity index (χ4n) is 2.15. The van der Waals surface area contributed by atoms with Gasteiger partial charge in [-0.15, -0.1) is 0 Å². The number of anilines is 2. The fourth-order valence-corrected chi connectivity index (χ4v) is 2.15. The SMILES string of the molecule is Cc1cc(O)ccc1Nc1n[nH]c(-c2ccc(O)cc2)c1F. The number of phenols is 2. The highest BCUT2D eigenvalue weighted by molar-refractivity contribution is 5.69. The number of hydrogen-bond acceptors (Lipinski definition) is 4. The second-order valence-electron chi connectivity index (χ2n) is 4.93. The van der Waals surface area contributed by atoms with Crippen molar-refractivity contribution in [2.24, 2.45) is 0 Å². The molecule has 3 rings (SSSR count). The van der Waals surface area contributed by atoms with E-state index < -0.39 is 5.82 Å². The van der Waals surface area contributed by atoms with Gasteiger partial charge in [-0.05, 0) is 55.0 Å². The lowest BCUT2D eigenvalue weighted by atomic mass is 10.1. The van der Waals surface area contributed by atoms with Crippen molar-refractivity contribution in [1.82, 2.24) is 10.2 Å². The first kappa shape index (κ1) is 13.9. The van der Waals surface area contributed by atoms with Crippen LogP contribution in [0.25, 0.3) is 11.3 Å². The molecule has 3 aromatic rings. The molecule has 0 saturated carbocycles. The lowest BCUT2D eigenvalue weighted by Crippen LogP contribution is -1.95. The smallest absolute Gasteiger partial charge is 0.193 e. The van der Waals surface area contributed by atoms with Gasteiger partial charge >= 0.3 is 0 Å². The van der Waals surface area contributed by atoms with Gasteiger partial charge in [0.2, 0.25) is 0 Å². The summed E-state index contributed by atoms with van der Waals surface area (Å²) in [5.74, 6) is -0.188. The molecule has 0 unspecified atom stereocenters. The molecule has 0 amide bonds. The van der Waals surface area contributed by atoms with E-state index in [0.717, 1.165) is 5.56 Å². The summed E-state index contributed by atoms with van der Waals surface area (Å²) in [6, 6.07) is 10.9. The van der Waals surface area contributed by atoms with Gasteiger partial charge in [-0.3, -0.25) is 5.10 Å². The summed E-state index contributed by atoms with van der Waals surface area (Å²) in [5, 5.41) is 28.1. The predicted molar refractivity (Wildman–Crippen MR) is 81.8 cm³/mol. The first-order chi connectivity index (χ1) is 10.5. The van der Waals surface area contributed by atoms with Gasteiger partial charge in [0.25, 0.3) is 0 Å². The summed E-state index contributed by atoms with van der Waals surface area (Å²) in [5.41, 5.74) is 2.24. The summed E-state index contributed by atoms with van der Waals surface area (Å²) >= 11 is 0. The second kappa shape index (κ2) is 5.40. The maximum atomic E-state index is 14.4. The number of aryl methyl sites for hydroxylation is 1. The number of aromatic nitrogens is 2. The maximum absolute atomic E-state index is 14.4. The van der Waals surface area contributed by atoms with Crippen LogP contribution in [-0.4, -0.2) is 20.4 Å². The quantitative estimate of drug-likeness (QED) is 0.556. The van der Waals surface area contributed by atoms with E-state index in [1.807, 2.05) is 0 Å². The van der Waals surface area contributed by atoms with E-state index in [0.29, 0.717) is 11.3 Å². The van der Waals surface area contributed by atoms with Gasteiger partial charge in [-0.1, -0.05) is 0 Å². The van der Waals surface area contributed by atoms with Gasteiger partial charge in [0.05, 0.1) is 0 Å². The first-order valence-electron chi connectivity index (χ1n) is 6.64. The lowest BCUT2D eigenvalue weighted by molar-refractivity contribution is 0.474. The summed E-state index contributed by atoms with van der Waals surface area (Å²) in [7, 11) is 0. The largest absolute Gasteiger partial charge is 0.508 e. The topological polar surface area (TPSA) is 81.2 Å². The molecule has 22 heavy (non-hydrogen) atoms. The van der Waals surface area contributed by atoms with Crippen LogP contribution in [0.1, 0.15) is 5.56 Å². The van der Waals surface area contributed by atoms with Crippen LogP contribution in [0.4, 0.5) is 15.9 Å². The van der Waals surface area contributed by atoms with Crippen LogP contribution < -0.4 is 5.32 Å². The van der Waals surface area contributed by atoms with Crippen molar-refractivity contribution in [2.75, 3.05) is 5.32 Å². The van der Waals surface area contributed by atoms with E-state index in [4.69, 9.17) is 0 Å². The van der Waals surface area contributed by atoms with E-state index in [1.54, 1.807) is 31.2 Å². The summed E-state index contributed by atoms with van der Waals surface area (Å²) in [6.45, 7) is 1.80. The Labute approximate surface area is 126 Å². The molecule has 0 aliphatic heterocycles. The minimum absolute atomic E-state index is 0.0665. The lowest BCUT2D eigenvalue weighted by Gasteiger charge is -2.07. The highest BCUT2D eigenvalue weighted by atomic mass is 19.1. The van der Waals surface area contributed by atoms with Crippen molar-refractivity contribution in [2.45, 2.75) is 6.92 Å². The van der Waals surface area contributed by atoms with Crippen LogP contribution >= 0.6 is 0 Å². The number of aromatic amines is 1. The third-order valence-corrected chi connectivity index (χ3v) is 3.33. The Balaban J connectivity index is 1.92. The Hall–Kier alpha value is -3.02. The Kier molecular flexibility index (Phi) is 3.42. The molecular formula is C16H14FN3O2. The molecule has 112 valence electrons. The van der Waals surface area contributed by atoms with Gasteiger partial charge in [0.15, 0.2) is 11.6 Å². The molecule has 0 spiro atoms. The molecule has 0 aliphatic carbocycles. The number of H-pyrrole nitrogens is 1. The summed E-state index contributed by atoms with van der Waals surface area (Å²) in [6.07, 6.45) is 0. The number of hydrogen-bond donors (Lipinski definition) is 4. The summed E-state index contributed by atoms with van der Waals surface area (Å²) in [4.78, 5) is 0. The maximum Gasteiger partial charge on any atom is 0.193 e. The van der Waals surface area contributed by atoms with Crippen molar-refractivity contribution < 1.29 is 14.6 Å². The average Bonchev–Trinajstić information content (AvgIpc) is 2.84. The molecule has 6 heteroatoms. The monoisotopic (exact) mass is 299 g/mol. The normalized spacial score (nSPS) is 10.6. The Morgan fingerprint density at radius 1 is 1.05 bits per heavy atom. The molecule has 1 aromatic heterocycles. The predicted octanol–water partition coefficient (Wildman–Crippen LogP) is 3.68. The fraction of sp³-hybridized carbons (Fsp3) is 0.0625. The molecular weight excluding hydrogens is 285 g/mol. The van der Waals surface area contributed by atoms with Crippen molar-refractivity contribution in [3.8, 4) is 22.8 Å². The van der Waals surface area contributed by atoms with E-state index in [-0.39, 0.29) is 23.0 Å². The number of rotatable bonds is 3. The van der Waals surface area contributed by atoms with E-state index >= 15 is 0 Å². The van der Waals surface area contributed by atoms with Gasteiger partial charge in [-0.2, -0.15) is 5.10 Å². The second-order valence-corrected chi connectivity index (χ2v) is 4.93. The molecule has 0 saturated heterocycles. The molecule has 1 heterocycles. The van der Waals surface area contributed by atoms with Gasteiger partial charge in [0.1, 0.15) is 17.2 Å². The minimum Gasteiger partial charge on any atom is -0.508 e. The van der Waals surface area contributed by atoms with Crippen LogP contribution in [0.15, 0.2) is 42.5 Å². The molecule has 5 nitrogen and oxygen atoms in total. The Morgan fingerprint density at radius 3 is 2.41 bits per heavy atom. The molecule has 0 atom stereocenters. The molecule has 0 aliphatic rings. The molecule has 0 fully saturated rings. The Morgan fingerprint density at radius 2 is 1.73 bits per heavy atom. The van der Waals surface area contributed by atoms with Crippen molar-refractivity contribution in [3.05, 3.63) is 53.8 Å². The zero-order valence-electron chi connectivity index (χ0n) is 11.8. The molecule has 0 bridgehead atoms. The van der Waals surface area contributed by atoms with Gasteiger partial charge in [0, 0.05) is 11.3 Å². The third kappa shape index (κ3) is 2.58. The number of nitrogens with one attached hydrogen (secondary N) is 2. The van der Waals surface area contributed by atoms with Crippen molar-refractivity contribution in [1.29, 1.82) is 0 Å². The third-order valence-electron chi connectivity index (χ3n) is 3.33. The van der Waals surface area contributed by atoms with Crippen LogP contribution in [0.5, 0.6) is 11.5 Å². The van der Waals surface area contributed by atoms with Gasteiger partial charge < -0.3 is 15.5 Å². The van der Waals surface area contributed by atoms with E-state index in [1.165, 1.54) is 18.2 Å². The van der Waals surface area contributed by atoms with Crippen LogP contribution in [0, 0.1) is 12.7 Å². The number of nitrogens with zero attached hydrogens (tertiary/aromatic N) is 1. The van der Waals surface area contributed by atoms with E-state index in [2.05, 4.69) is 15.5 Å². The zero-order valence-corrected chi connectivity index (χ0v) is 11.8.